The Labute approximate surface area is 126 Å². The molecule has 1 saturated heterocycles. The third-order valence-electron chi connectivity index (χ3n) is 4.20. The van der Waals surface area contributed by atoms with E-state index in [9.17, 15) is 18.3 Å². The zero-order valence-corrected chi connectivity index (χ0v) is 12.5. The molecule has 0 bridgehead atoms. The number of pyridine rings is 1. The van der Waals surface area contributed by atoms with Gasteiger partial charge in [-0.05, 0) is 25.3 Å². The summed E-state index contributed by atoms with van der Waals surface area (Å²) in [5, 5.41) is 9.59. The summed E-state index contributed by atoms with van der Waals surface area (Å²) in [6.07, 6.45) is -1.09. The molecule has 0 radical (unpaired) electrons. The van der Waals surface area contributed by atoms with Crippen molar-refractivity contribution >= 4 is 17.4 Å². The summed E-state index contributed by atoms with van der Waals surface area (Å²) < 4.78 is 37.9. The van der Waals surface area contributed by atoms with Crippen LogP contribution >= 0.6 is 11.6 Å². The standard InChI is InChI=1S/C14H18ClF3N2O/c1-2-13(9-21)4-3-5-20(8-13)12-11(15)6-10(7-19-12)14(16,17)18/h6-7,21H,2-5,8-9H2,1H3/t13-/m1/s1. The number of hydrogen-bond acceptors (Lipinski definition) is 3. The molecule has 1 atom stereocenters. The molecule has 2 rings (SSSR count). The highest BCUT2D eigenvalue weighted by atomic mass is 35.5. The van der Waals surface area contributed by atoms with Crippen molar-refractivity contribution in [3.05, 3.63) is 22.8 Å². The second kappa shape index (κ2) is 6.01. The Morgan fingerprint density at radius 3 is 2.71 bits per heavy atom. The largest absolute Gasteiger partial charge is 0.417 e. The van der Waals surface area contributed by atoms with E-state index < -0.39 is 11.7 Å². The molecular formula is C14H18ClF3N2O. The van der Waals surface area contributed by atoms with Crippen molar-refractivity contribution in [3.63, 3.8) is 0 Å². The zero-order valence-electron chi connectivity index (χ0n) is 11.8. The molecule has 1 N–H and O–H groups in total. The van der Waals surface area contributed by atoms with Crippen LogP contribution in [0.4, 0.5) is 19.0 Å². The van der Waals surface area contributed by atoms with Gasteiger partial charge in [-0.2, -0.15) is 13.2 Å². The summed E-state index contributed by atoms with van der Waals surface area (Å²) in [7, 11) is 0. The van der Waals surface area contributed by atoms with Crippen LogP contribution in [-0.2, 0) is 6.18 Å². The SMILES string of the molecule is CC[C@@]1(CO)CCCN(c2ncc(C(F)(F)F)cc2Cl)C1. The summed E-state index contributed by atoms with van der Waals surface area (Å²) >= 11 is 5.98. The topological polar surface area (TPSA) is 36.4 Å². The van der Waals surface area contributed by atoms with E-state index in [-0.39, 0.29) is 17.0 Å². The van der Waals surface area contributed by atoms with Gasteiger partial charge < -0.3 is 10.0 Å². The van der Waals surface area contributed by atoms with Crippen molar-refractivity contribution < 1.29 is 18.3 Å². The summed E-state index contributed by atoms with van der Waals surface area (Å²) in [6, 6.07) is 0.908. The molecule has 1 fully saturated rings. The molecule has 1 aromatic heterocycles. The van der Waals surface area contributed by atoms with Gasteiger partial charge in [-0.1, -0.05) is 18.5 Å². The molecule has 0 spiro atoms. The molecule has 3 nitrogen and oxygen atoms in total. The van der Waals surface area contributed by atoms with Crippen molar-refractivity contribution in [1.82, 2.24) is 4.98 Å². The molecule has 0 aromatic carbocycles. The van der Waals surface area contributed by atoms with Crippen molar-refractivity contribution in [2.45, 2.75) is 32.4 Å². The van der Waals surface area contributed by atoms with E-state index in [0.717, 1.165) is 31.5 Å². The number of alkyl halides is 3. The molecule has 0 saturated carbocycles. The summed E-state index contributed by atoms with van der Waals surface area (Å²) in [4.78, 5) is 5.76. The number of aromatic nitrogens is 1. The molecule has 2 heterocycles. The van der Waals surface area contributed by atoms with Gasteiger partial charge in [-0.25, -0.2) is 4.98 Å². The normalized spacial score (nSPS) is 23.4. The van der Waals surface area contributed by atoms with Crippen LogP contribution in [0.15, 0.2) is 12.3 Å². The lowest BCUT2D eigenvalue weighted by atomic mass is 9.78. The minimum atomic E-state index is -4.45. The molecule has 0 aliphatic carbocycles. The number of aliphatic hydroxyl groups is 1. The Balaban J connectivity index is 2.26. The maximum atomic E-state index is 12.6. The van der Waals surface area contributed by atoms with Gasteiger partial charge in [0, 0.05) is 24.7 Å². The number of hydrogen-bond donors (Lipinski definition) is 1. The average Bonchev–Trinajstić information content (AvgIpc) is 2.46. The number of halogens is 4. The van der Waals surface area contributed by atoms with Gasteiger partial charge in [0.2, 0.25) is 0 Å². The van der Waals surface area contributed by atoms with E-state index in [4.69, 9.17) is 11.6 Å². The molecule has 0 amide bonds. The first-order chi connectivity index (χ1) is 9.81. The second-order valence-electron chi connectivity index (χ2n) is 5.56. The fraction of sp³-hybridized carbons (Fsp3) is 0.643. The first-order valence-electron chi connectivity index (χ1n) is 6.90. The van der Waals surface area contributed by atoms with Crippen molar-refractivity contribution in [2.24, 2.45) is 5.41 Å². The van der Waals surface area contributed by atoms with Crippen molar-refractivity contribution in [3.8, 4) is 0 Å². The smallest absolute Gasteiger partial charge is 0.396 e. The Hall–Kier alpha value is -1.01. The highest BCUT2D eigenvalue weighted by Gasteiger charge is 2.36. The van der Waals surface area contributed by atoms with Gasteiger partial charge in [-0.3, -0.25) is 0 Å². The molecule has 1 aliphatic rings. The lowest BCUT2D eigenvalue weighted by Gasteiger charge is -2.42. The second-order valence-corrected chi connectivity index (χ2v) is 5.97. The fourth-order valence-electron chi connectivity index (χ4n) is 2.74. The predicted molar refractivity (Wildman–Crippen MR) is 75.5 cm³/mol. The van der Waals surface area contributed by atoms with Crippen LogP contribution in [0.2, 0.25) is 5.02 Å². The first kappa shape index (κ1) is 16.4. The van der Waals surface area contributed by atoms with Crippen LogP contribution in [0.5, 0.6) is 0 Å². The van der Waals surface area contributed by atoms with Gasteiger partial charge in [0.15, 0.2) is 0 Å². The zero-order chi connectivity index (χ0) is 15.7. The molecule has 118 valence electrons. The summed E-state index contributed by atoms with van der Waals surface area (Å²) in [5.74, 6) is 0.357. The number of aliphatic hydroxyl groups excluding tert-OH is 1. The molecule has 1 aromatic rings. The Morgan fingerprint density at radius 2 is 2.19 bits per heavy atom. The van der Waals surface area contributed by atoms with Crippen LogP contribution < -0.4 is 4.90 Å². The van der Waals surface area contributed by atoms with E-state index >= 15 is 0 Å². The highest BCUT2D eigenvalue weighted by Crippen LogP contribution is 2.38. The first-order valence-corrected chi connectivity index (χ1v) is 7.28. The predicted octanol–water partition coefficient (Wildman–Crippen LogP) is 3.74. The maximum Gasteiger partial charge on any atom is 0.417 e. The maximum absolute atomic E-state index is 12.6. The van der Waals surface area contributed by atoms with E-state index in [0.29, 0.717) is 18.9 Å². The van der Waals surface area contributed by atoms with Crippen LogP contribution in [-0.4, -0.2) is 29.8 Å². The van der Waals surface area contributed by atoms with E-state index in [1.807, 2.05) is 11.8 Å². The summed E-state index contributed by atoms with van der Waals surface area (Å²) in [5.41, 5.74) is -1.08. The Morgan fingerprint density at radius 1 is 1.48 bits per heavy atom. The van der Waals surface area contributed by atoms with Crippen LogP contribution in [0, 0.1) is 5.41 Å². The number of rotatable bonds is 3. The molecular weight excluding hydrogens is 305 g/mol. The third-order valence-corrected chi connectivity index (χ3v) is 4.47. The lowest BCUT2D eigenvalue weighted by molar-refractivity contribution is -0.137. The summed E-state index contributed by atoms with van der Waals surface area (Å²) in [6.45, 7) is 3.29. The van der Waals surface area contributed by atoms with Crippen molar-refractivity contribution in [1.29, 1.82) is 0 Å². The van der Waals surface area contributed by atoms with Crippen LogP contribution in [0.3, 0.4) is 0 Å². The van der Waals surface area contributed by atoms with Gasteiger partial charge in [-0.15, -0.1) is 0 Å². The fourth-order valence-corrected chi connectivity index (χ4v) is 3.02. The Kier molecular flexibility index (Phi) is 4.68. The Bertz CT molecular complexity index is 503. The minimum absolute atomic E-state index is 0.00494. The monoisotopic (exact) mass is 322 g/mol. The molecule has 7 heteroatoms. The number of piperidine rings is 1. The molecule has 1 aliphatic heterocycles. The number of nitrogens with zero attached hydrogens (tertiary/aromatic N) is 2. The highest BCUT2D eigenvalue weighted by molar-refractivity contribution is 6.33. The van der Waals surface area contributed by atoms with Gasteiger partial charge in [0.1, 0.15) is 5.82 Å². The average molecular weight is 323 g/mol. The molecule has 21 heavy (non-hydrogen) atoms. The minimum Gasteiger partial charge on any atom is -0.396 e. The van der Waals surface area contributed by atoms with E-state index in [1.165, 1.54) is 0 Å². The van der Waals surface area contributed by atoms with Crippen LogP contribution in [0.25, 0.3) is 0 Å². The van der Waals surface area contributed by atoms with Crippen LogP contribution in [0.1, 0.15) is 31.7 Å². The molecule has 0 unspecified atom stereocenters. The lowest BCUT2D eigenvalue weighted by Crippen LogP contribution is -2.45. The number of anilines is 1. The van der Waals surface area contributed by atoms with E-state index in [1.54, 1.807) is 0 Å². The quantitative estimate of drug-likeness (QED) is 0.921. The van der Waals surface area contributed by atoms with Crippen molar-refractivity contribution in [2.75, 3.05) is 24.6 Å². The third kappa shape index (κ3) is 3.43. The van der Waals surface area contributed by atoms with Gasteiger partial charge in [0.05, 0.1) is 17.2 Å². The van der Waals surface area contributed by atoms with Gasteiger partial charge in [0.25, 0.3) is 0 Å². The van der Waals surface area contributed by atoms with Gasteiger partial charge >= 0.3 is 6.18 Å². The van der Waals surface area contributed by atoms with E-state index in [2.05, 4.69) is 4.98 Å².